The van der Waals surface area contributed by atoms with Crippen LogP contribution >= 0.6 is 0 Å². The van der Waals surface area contributed by atoms with E-state index in [-0.39, 0.29) is 6.10 Å². The van der Waals surface area contributed by atoms with Gasteiger partial charge in [-0.2, -0.15) is 0 Å². The van der Waals surface area contributed by atoms with E-state index in [1.54, 1.807) is 0 Å². The molecule has 0 amide bonds. The highest BCUT2D eigenvalue weighted by molar-refractivity contribution is 5.19. The second-order valence-electron chi connectivity index (χ2n) is 5.52. The van der Waals surface area contributed by atoms with Gasteiger partial charge in [0.1, 0.15) is 0 Å². The molecule has 0 aliphatic heterocycles. The van der Waals surface area contributed by atoms with Crippen molar-refractivity contribution in [1.29, 1.82) is 0 Å². The maximum absolute atomic E-state index is 5.72. The van der Waals surface area contributed by atoms with Crippen LogP contribution in [-0.4, -0.2) is 20.2 Å². The Hall–Kier alpha value is -0.860. The van der Waals surface area contributed by atoms with Gasteiger partial charge in [0.2, 0.25) is 0 Å². The number of likely N-dealkylation sites (N-methyl/N-ethyl adjacent to an activating group) is 1. The first-order valence-corrected chi connectivity index (χ1v) is 8.08. The summed E-state index contributed by atoms with van der Waals surface area (Å²) in [6, 6.07) is 10.9. The minimum atomic E-state index is 0.150. The topological polar surface area (TPSA) is 21.3 Å². The highest BCUT2D eigenvalue weighted by Crippen LogP contribution is 2.24. The lowest BCUT2D eigenvalue weighted by Gasteiger charge is -2.26. The minimum absolute atomic E-state index is 0.150. The van der Waals surface area contributed by atoms with Gasteiger partial charge in [-0.15, -0.1) is 0 Å². The fourth-order valence-corrected chi connectivity index (χ4v) is 2.77. The van der Waals surface area contributed by atoms with Gasteiger partial charge >= 0.3 is 0 Å². The van der Waals surface area contributed by atoms with Crippen molar-refractivity contribution in [3.05, 3.63) is 35.9 Å². The standard InChI is InChI=1S/C18H31NO/c1-4-5-6-7-8-12-15-17(19-2)18(20-3)16-13-10-9-11-14-16/h9-11,13-14,17-19H,4-8,12,15H2,1-3H3. The van der Waals surface area contributed by atoms with Crippen LogP contribution in [0, 0.1) is 0 Å². The van der Waals surface area contributed by atoms with Gasteiger partial charge in [-0.05, 0) is 19.0 Å². The van der Waals surface area contributed by atoms with E-state index >= 15 is 0 Å². The van der Waals surface area contributed by atoms with Crippen molar-refractivity contribution < 1.29 is 4.74 Å². The van der Waals surface area contributed by atoms with Gasteiger partial charge in [0, 0.05) is 13.2 Å². The zero-order chi connectivity index (χ0) is 14.6. The Morgan fingerprint density at radius 3 is 2.25 bits per heavy atom. The molecule has 0 bridgehead atoms. The van der Waals surface area contributed by atoms with Crippen LogP contribution < -0.4 is 5.32 Å². The molecule has 0 aliphatic carbocycles. The van der Waals surface area contributed by atoms with Gasteiger partial charge < -0.3 is 10.1 Å². The van der Waals surface area contributed by atoms with Gasteiger partial charge in [-0.3, -0.25) is 0 Å². The first-order chi connectivity index (χ1) is 9.83. The number of benzene rings is 1. The maximum atomic E-state index is 5.72. The first kappa shape index (κ1) is 17.2. The summed E-state index contributed by atoms with van der Waals surface area (Å²) >= 11 is 0. The third-order valence-electron chi connectivity index (χ3n) is 3.99. The number of hydrogen-bond donors (Lipinski definition) is 1. The number of unbranched alkanes of at least 4 members (excludes halogenated alkanes) is 5. The van der Waals surface area contributed by atoms with Gasteiger partial charge in [0.05, 0.1) is 6.10 Å². The van der Waals surface area contributed by atoms with Gasteiger partial charge in [-0.25, -0.2) is 0 Å². The molecule has 2 atom stereocenters. The fraction of sp³-hybridized carbons (Fsp3) is 0.667. The highest BCUT2D eigenvalue weighted by Gasteiger charge is 2.20. The Balaban J connectivity index is 2.39. The predicted octanol–water partition coefficient (Wildman–Crippen LogP) is 4.71. The Morgan fingerprint density at radius 2 is 1.65 bits per heavy atom. The first-order valence-electron chi connectivity index (χ1n) is 8.08. The molecule has 1 aromatic rings. The lowest BCUT2D eigenvalue weighted by Crippen LogP contribution is -2.33. The van der Waals surface area contributed by atoms with Crippen molar-refractivity contribution in [2.75, 3.05) is 14.2 Å². The van der Waals surface area contributed by atoms with E-state index in [1.165, 1.54) is 50.5 Å². The zero-order valence-corrected chi connectivity index (χ0v) is 13.4. The zero-order valence-electron chi connectivity index (χ0n) is 13.4. The number of methoxy groups -OCH3 is 1. The SMILES string of the molecule is CCCCCCCCC(NC)C(OC)c1ccccc1. The molecule has 114 valence electrons. The van der Waals surface area contributed by atoms with Gasteiger partial charge in [0.25, 0.3) is 0 Å². The van der Waals surface area contributed by atoms with Crippen molar-refractivity contribution in [2.24, 2.45) is 0 Å². The number of rotatable bonds is 11. The molecule has 0 spiro atoms. The van der Waals surface area contributed by atoms with E-state index in [9.17, 15) is 0 Å². The van der Waals surface area contributed by atoms with E-state index in [0.29, 0.717) is 6.04 Å². The van der Waals surface area contributed by atoms with Crippen molar-refractivity contribution in [1.82, 2.24) is 5.32 Å². The van der Waals surface area contributed by atoms with Crippen LogP contribution in [0.15, 0.2) is 30.3 Å². The Bertz CT molecular complexity index is 325. The van der Waals surface area contributed by atoms with Crippen LogP contribution in [0.5, 0.6) is 0 Å². The Labute approximate surface area is 124 Å². The quantitative estimate of drug-likeness (QED) is 0.591. The van der Waals surface area contributed by atoms with Gasteiger partial charge in [0.15, 0.2) is 0 Å². The van der Waals surface area contributed by atoms with Crippen molar-refractivity contribution >= 4 is 0 Å². The molecule has 0 heterocycles. The molecule has 0 radical (unpaired) electrons. The van der Waals surface area contributed by atoms with Crippen LogP contribution in [0.2, 0.25) is 0 Å². The molecular weight excluding hydrogens is 246 g/mol. The summed E-state index contributed by atoms with van der Waals surface area (Å²) in [5.74, 6) is 0. The van der Waals surface area contributed by atoms with E-state index in [2.05, 4.69) is 42.6 Å². The molecule has 0 aromatic heterocycles. The smallest absolute Gasteiger partial charge is 0.0973 e. The van der Waals surface area contributed by atoms with E-state index in [1.807, 2.05) is 14.2 Å². The average molecular weight is 277 g/mol. The third kappa shape index (κ3) is 6.06. The highest BCUT2D eigenvalue weighted by atomic mass is 16.5. The number of hydrogen-bond acceptors (Lipinski definition) is 2. The Morgan fingerprint density at radius 1 is 1.00 bits per heavy atom. The summed E-state index contributed by atoms with van der Waals surface area (Å²) in [5, 5.41) is 3.43. The van der Waals surface area contributed by atoms with E-state index < -0.39 is 0 Å². The van der Waals surface area contributed by atoms with Crippen molar-refractivity contribution in [3.8, 4) is 0 Å². The minimum Gasteiger partial charge on any atom is -0.375 e. The van der Waals surface area contributed by atoms with Crippen LogP contribution in [0.25, 0.3) is 0 Å². The molecule has 2 unspecified atom stereocenters. The largest absolute Gasteiger partial charge is 0.375 e. The van der Waals surface area contributed by atoms with Crippen molar-refractivity contribution in [2.45, 2.75) is 64.0 Å². The van der Waals surface area contributed by atoms with Crippen LogP contribution in [-0.2, 0) is 4.74 Å². The fourth-order valence-electron chi connectivity index (χ4n) is 2.77. The molecule has 2 nitrogen and oxygen atoms in total. The normalized spacial score (nSPS) is 14.2. The summed E-state index contributed by atoms with van der Waals surface area (Å²) in [6.07, 6.45) is 9.39. The van der Waals surface area contributed by atoms with Crippen LogP contribution in [0.4, 0.5) is 0 Å². The number of nitrogens with one attached hydrogen (secondary N) is 1. The molecule has 0 saturated carbocycles. The molecule has 20 heavy (non-hydrogen) atoms. The molecule has 1 N–H and O–H groups in total. The molecule has 0 fully saturated rings. The monoisotopic (exact) mass is 277 g/mol. The summed E-state index contributed by atoms with van der Waals surface area (Å²) < 4.78 is 5.72. The van der Waals surface area contributed by atoms with Crippen LogP contribution in [0.1, 0.15) is 63.5 Å². The second kappa shape index (κ2) is 10.9. The van der Waals surface area contributed by atoms with E-state index in [4.69, 9.17) is 4.74 Å². The second-order valence-corrected chi connectivity index (χ2v) is 5.52. The lowest BCUT2D eigenvalue weighted by atomic mass is 9.97. The predicted molar refractivity (Wildman–Crippen MR) is 87.0 cm³/mol. The number of ether oxygens (including phenoxy) is 1. The maximum Gasteiger partial charge on any atom is 0.0973 e. The molecule has 2 heteroatoms. The van der Waals surface area contributed by atoms with Gasteiger partial charge in [-0.1, -0.05) is 75.8 Å². The van der Waals surface area contributed by atoms with Crippen molar-refractivity contribution in [3.63, 3.8) is 0 Å². The lowest BCUT2D eigenvalue weighted by molar-refractivity contribution is 0.0666. The van der Waals surface area contributed by atoms with Crippen LogP contribution in [0.3, 0.4) is 0 Å². The molecule has 0 saturated heterocycles. The summed E-state index contributed by atoms with van der Waals surface area (Å²) in [7, 11) is 3.85. The molecular formula is C18H31NO. The van der Waals surface area contributed by atoms with E-state index in [0.717, 1.165) is 0 Å². The third-order valence-corrected chi connectivity index (χ3v) is 3.99. The summed E-state index contributed by atoms with van der Waals surface area (Å²) in [4.78, 5) is 0. The summed E-state index contributed by atoms with van der Waals surface area (Å²) in [5.41, 5.74) is 1.26. The summed E-state index contributed by atoms with van der Waals surface area (Å²) in [6.45, 7) is 2.26. The Kier molecular flexibility index (Phi) is 9.35. The molecule has 1 rings (SSSR count). The molecule has 1 aromatic carbocycles. The molecule has 0 aliphatic rings. The average Bonchev–Trinajstić information content (AvgIpc) is 2.50.